The molecule has 0 rings (SSSR count). The summed E-state index contributed by atoms with van der Waals surface area (Å²) < 4.78 is 4.92. The predicted molar refractivity (Wildman–Crippen MR) is 55.9 cm³/mol. The molecule has 0 heterocycles. The predicted octanol–water partition coefficient (Wildman–Crippen LogP) is 2.05. The summed E-state index contributed by atoms with van der Waals surface area (Å²) >= 11 is 0. The largest absolute Gasteiger partial charge is 0.465 e. The lowest BCUT2D eigenvalue weighted by Gasteiger charge is -2.15. The molecule has 0 spiro atoms. The first-order chi connectivity index (χ1) is 6.31. The molecule has 0 saturated heterocycles. The molecule has 0 fully saturated rings. The van der Waals surface area contributed by atoms with E-state index in [1.165, 1.54) is 5.57 Å². The Labute approximate surface area is 85.8 Å². The van der Waals surface area contributed by atoms with Crippen molar-refractivity contribution in [3.63, 3.8) is 0 Å². The monoisotopic (exact) mass is 200 g/mol. The fourth-order valence-electron chi connectivity index (χ4n) is 0.925. The van der Waals surface area contributed by atoms with E-state index in [0.29, 0.717) is 6.61 Å². The van der Waals surface area contributed by atoms with Crippen LogP contribution in [-0.2, 0) is 9.53 Å². The highest BCUT2D eigenvalue weighted by molar-refractivity contribution is 5.70. The van der Waals surface area contributed by atoms with E-state index in [-0.39, 0.29) is 12.4 Å². The minimum absolute atomic E-state index is 0.0435. The van der Waals surface area contributed by atoms with Crippen molar-refractivity contribution in [3.05, 3.63) is 11.6 Å². The molecule has 0 amide bonds. The number of rotatable bonds is 5. The van der Waals surface area contributed by atoms with Crippen molar-refractivity contribution in [3.8, 4) is 0 Å². The van der Waals surface area contributed by atoms with E-state index < -0.39 is 5.60 Å². The minimum atomic E-state index is -0.979. The molecule has 0 aromatic heterocycles. The van der Waals surface area contributed by atoms with Gasteiger partial charge in [-0.25, -0.2) is 0 Å². The maximum atomic E-state index is 11.1. The molecule has 0 aliphatic carbocycles. The maximum absolute atomic E-state index is 11.1. The molecule has 0 aromatic rings. The van der Waals surface area contributed by atoms with E-state index in [1.54, 1.807) is 13.8 Å². The van der Waals surface area contributed by atoms with Crippen LogP contribution in [0.5, 0.6) is 0 Å². The van der Waals surface area contributed by atoms with Gasteiger partial charge < -0.3 is 9.84 Å². The molecule has 0 aromatic carbocycles. The number of esters is 1. The van der Waals surface area contributed by atoms with Gasteiger partial charge in [0.05, 0.1) is 18.6 Å². The molecule has 0 radical (unpaired) electrons. The Balaban J connectivity index is 3.61. The number of carbonyl (C=O) groups is 1. The average Bonchev–Trinajstić information content (AvgIpc) is 1.94. The van der Waals surface area contributed by atoms with Gasteiger partial charge in [-0.1, -0.05) is 11.6 Å². The second-order valence-electron chi connectivity index (χ2n) is 4.28. The summed E-state index contributed by atoms with van der Waals surface area (Å²) in [6, 6.07) is 0. The summed E-state index contributed by atoms with van der Waals surface area (Å²) in [5, 5.41) is 9.32. The number of hydrogen-bond acceptors (Lipinski definition) is 3. The average molecular weight is 200 g/mol. The molecule has 3 nitrogen and oxygen atoms in total. The van der Waals surface area contributed by atoms with Gasteiger partial charge in [0.25, 0.3) is 0 Å². The summed E-state index contributed by atoms with van der Waals surface area (Å²) in [5.41, 5.74) is 0.233. The zero-order valence-corrected chi connectivity index (χ0v) is 9.46. The zero-order chi connectivity index (χ0) is 11.2. The molecule has 0 aliphatic heterocycles. The third kappa shape index (κ3) is 9.26. The molecule has 3 heteroatoms. The van der Waals surface area contributed by atoms with Crippen LogP contribution in [0.4, 0.5) is 0 Å². The van der Waals surface area contributed by atoms with Crippen molar-refractivity contribution in [2.45, 2.75) is 46.1 Å². The maximum Gasteiger partial charge on any atom is 0.308 e. The lowest BCUT2D eigenvalue weighted by molar-refractivity contribution is -0.147. The number of allylic oxidation sites excluding steroid dienone is 1. The zero-order valence-electron chi connectivity index (χ0n) is 9.46. The van der Waals surface area contributed by atoms with Gasteiger partial charge >= 0.3 is 5.97 Å². The molecule has 0 saturated carbocycles. The number of carbonyl (C=O) groups excluding carboxylic acids is 1. The summed E-state index contributed by atoms with van der Waals surface area (Å²) in [6.07, 6.45) is 2.79. The van der Waals surface area contributed by atoms with Crippen LogP contribution in [0.1, 0.15) is 40.5 Å². The van der Waals surface area contributed by atoms with E-state index in [4.69, 9.17) is 4.74 Å². The van der Waals surface area contributed by atoms with Crippen LogP contribution in [-0.4, -0.2) is 23.3 Å². The van der Waals surface area contributed by atoms with Gasteiger partial charge in [-0.2, -0.15) is 0 Å². The topological polar surface area (TPSA) is 46.5 Å². The second-order valence-corrected chi connectivity index (χ2v) is 4.28. The van der Waals surface area contributed by atoms with Gasteiger partial charge in [-0.15, -0.1) is 0 Å². The molecule has 0 bridgehead atoms. The minimum Gasteiger partial charge on any atom is -0.465 e. The van der Waals surface area contributed by atoms with Crippen LogP contribution in [0.3, 0.4) is 0 Å². The van der Waals surface area contributed by atoms with Crippen molar-refractivity contribution in [1.29, 1.82) is 0 Å². The molecular weight excluding hydrogens is 180 g/mol. The van der Waals surface area contributed by atoms with Crippen LogP contribution >= 0.6 is 0 Å². The molecule has 82 valence electrons. The lowest BCUT2D eigenvalue weighted by atomic mass is 10.1. The highest BCUT2D eigenvalue weighted by atomic mass is 16.5. The molecule has 0 aliphatic rings. The first kappa shape index (κ1) is 13.2. The normalized spacial score (nSPS) is 10.9. The Bertz CT molecular complexity index is 207. The molecule has 0 unspecified atom stereocenters. The standard InChI is InChI=1S/C11H20O3/c1-9(2)6-5-7-14-10(12)8-11(3,4)13/h6,13H,5,7-8H2,1-4H3. The van der Waals surface area contributed by atoms with Gasteiger partial charge in [0.2, 0.25) is 0 Å². The first-order valence-electron chi connectivity index (χ1n) is 4.82. The first-order valence-corrected chi connectivity index (χ1v) is 4.82. The second kappa shape index (κ2) is 5.81. The van der Waals surface area contributed by atoms with Crippen LogP contribution in [0.15, 0.2) is 11.6 Å². The Morgan fingerprint density at radius 2 is 2.00 bits per heavy atom. The van der Waals surface area contributed by atoms with E-state index in [0.717, 1.165) is 6.42 Å². The van der Waals surface area contributed by atoms with Crippen LogP contribution in [0, 0.1) is 0 Å². The summed E-state index contributed by atoms with van der Waals surface area (Å²) in [5.74, 6) is -0.348. The SMILES string of the molecule is CC(C)=CCCOC(=O)CC(C)(C)O. The van der Waals surface area contributed by atoms with Gasteiger partial charge in [0.1, 0.15) is 0 Å². The van der Waals surface area contributed by atoms with Crippen molar-refractivity contribution >= 4 is 5.97 Å². The fourth-order valence-corrected chi connectivity index (χ4v) is 0.925. The van der Waals surface area contributed by atoms with Gasteiger partial charge in [-0.3, -0.25) is 4.79 Å². The Morgan fingerprint density at radius 3 is 2.43 bits per heavy atom. The third-order valence-electron chi connectivity index (χ3n) is 1.51. The molecule has 1 N–H and O–H groups in total. The molecular formula is C11H20O3. The highest BCUT2D eigenvalue weighted by Crippen LogP contribution is 2.08. The van der Waals surface area contributed by atoms with E-state index in [2.05, 4.69) is 0 Å². The molecule has 14 heavy (non-hydrogen) atoms. The summed E-state index contributed by atoms with van der Waals surface area (Å²) in [4.78, 5) is 11.1. The van der Waals surface area contributed by atoms with E-state index in [1.807, 2.05) is 19.9 Å². The van der Waals surface area contributed by atoms with Crippen molar-refractivity contribution in [2.75, 3.05) is 6.61 Å². The van der Waals surface area contributed by atoms with E-state index in [9.17, 15) is 9.90 Å². The van der Waals surface area contributed by atoms with Gasteiger partial charge in [-0.05, 0) is 34.1 Å². The highest BCUT2D eigenvalue weighted by Gasteiger charge is 2.18. The van der Waals surface area contributed by atoms with E-state index >= 15 is 0 Å². The Hall–Kier alpha value is -0.830. The Kier molecular flexibility index (Phi) is 5.46. The van der Waals surface area contributed by atoms with Crippen molar-refractivity contribution in [1.82, 2.24) is 0 Å². The number of aliphatic hydroxyl groups is 1. The van der Waals surface area contributed by atoms with Gasteiger partial charge in [0, 0.05) is 0 Å². The van der Waals surface area contributed by atoms with Crippen LogP contribution in [0.25, 0.3) is 0 Å². The summed E-state index contributed by atoms with van der Waals surface area (Å²) in [7, 11) is 0. The molecule has 0 atom stereocenters. The fraction of sp³-hybridized carbons (Fsp3) is 0.727. The lowest BCUT2D eigenvalue weighted by Crippen LogP contribution is -2.24. The van der Waals surface area contributed by atoms with Gasteiger partial charge in [0.15, 0.2) is 0 Å². The Morgan fingerprint density at radius 1 is 1.43 bits per heavy atom. The van der Waals surface area contributed by atoms with Crippen molar-refractivity contribution in [2.24, 2.45) is 0 Å². The smallest absolute Gasteiger partial charge is 0.308 e. The summed E-state index contributed by atoms with van der Waals surface area (Å²) in [6.45, 7) is 7.56. The van der Waals surface area contributed by atoms with Crippen LogP contribution in [0.2, 0.25) is 0 Å². The van der Waals surface area contributed by atoms with Crippen molar-refractivity contribution < 1.29 is 14.6 Å². The third-order valence-corrected chi connectivity index (χ3v) is 1.51. The number of hydrogen-bond donors (Lipinski definition) is 1. The van der Waals surface area contributed by atoms with Crippen LogP contribution < -0.4 is 0 Å². The quantitative estimate of drug-likeness (QED) is 0.419. The number of ether oxygens (including phenoxy) is 1.